The van der Waals surface area contributed by atoms with Crippen LogP contribution in [0.1, 0.15) is 19.5 Å². The zero-order valence-electron chi connectivity index (χ0n) is 11.4. The van der Waals surface area contributed by atoms with Crippen molar-refractivity contribution >= 4 is 17.7 Å². The summed E-state index contributed by atoms with van der Waals surface area (Å²) in [5.41, 5.74) is 0.148. The number of nitrogens with zero attached hydrogens (tertiary/aromatic N) is 1. The zero-order valence-corrected chi connectivity index (χ0v) is 12.2. The molecule has 0 aromatic carbocycles. The lowest BCUT2D eigenvalue weighted by atomic mass is 10.5. The maximum Gasteiger partial charge on any atom is 0.352 e. The Morgan fingerprint density at radius 3 is 2.60 bits per heavy atom. The number of aliphatic hydroxyl groups is 1. The number of carbonyl (C=O) groups excluding carboxylic acids is 1. The van der Waals surface area contributed by atoms with Gasteiger partial charge >= 0.3 is 5.97 Å². The summed E-state index contributed by atoms with van der Waals surface area (Å²) in [5, 5.41) is 9.89. The Hall–Kier alpha value is -1.96. The highest BCUT2D eigenvalue weighted by molar-refractivity contribution is 8.03. The maximum absolute atomic E-state index is 11.8. The molecule has 0 aliphatic rings. The molecular weight excluding hydrogens is 284 g/mol. The molecule has 0 bridgehead atoms. The minimum atomic E-state index is -0.743. The molecule has 0 fully saturated rings. The summed E-state index contributed by atoms with van der Waals surface area (Å²) in [4.78, 5) is 29.5. The second-order valence-corrected chi connectivity index (χ2v) is 4.58. The third-order valence-electron chi connectivity index (χ3n) is 1.98. The number of aromatic amines is 1. The number of esters is 1. The van der Waals surface area contributed by atoms with Gasteiger partial charge in [-0.1, -0.05) is 0 Å². The van der Waals surface area contributed by atoms with Gasteiger partial charge in [0.25, 0.3) is 11.5 Å². The van der Waals surface area contributed by atoms with Crippen LogP contribution in [0.3, 0.4) is 0 Å². The van der Waals surface area contributed by atoms with E-state index in [-0.39, 0.29) is 28.8 Å². The lowest BCUT2D eigenvalue weighted by Crippen LogP contribution is -2.12. The number of carbonyl (C=O) groups is 1. The molecule has 0 radical (unpaired) electrons. The number of ether oxygens (including phenoxy) is 2. The fourth-order valence-electron chi connectivity index (χ4n) is 1.27. The molecule has 20 heavy (non-hydrogen) atoms. The van der Waals surface area contributed by atoms with Crippen molar-refractivity contribution in [2.45, 2.75) is 25.9 Å². The number of aliphatic hydroxyl groups excluding tert-OH is 1. The number of aromatic nitrogens is 2. The quantitative estimate of drug-likeness (QED) is 0.270. The number of H-pyrrole nitrogens is 1. The standard InChI is InChI=1S/C12H16N2O5S/c1-4-18-10(16)9(11(17)19-5-2)20-12-13-7(3)6-8(15)14-12/h6,16H,4-5H2,1-3H3,(H,13,14,15)/b10-9-. The van der Waals surface area contributed by atoms with Gasteiger partial charge in [-0.2, -0.15) is 0 Å². The summed E-state index contributed by atoms with van der Waals surface area (Å²) in [6.07, 6.45) is 0. The molecule has 0 atom stereocenters. The molecule has 1 rings (SSSR count). The smallest absolute Gasteiger partial charge is 0.352 e. The van der Waals surface area contributed by atoms with Crippen molar-refractivity contribution in [2.24, 2.45) is 0 Å². The summed E-state index contributed by atoms with van der Waals surface area (Å²) >= 11 is 0.777. The van der Waals surface area contributed by atoms with E-state index in [1.165, 1.54) is 6.07 Å². The monoisotopic (exact) mass is 300 g/mol. The molecule has 1 aromatic heterocycles. The van der Waals surface area contributed by atoms with E-state index in [9.17, 15) is 14.7 Å². The first-order valence-corrected chi connectivity index (χ1v) is 6.78. The summed E-state index contributed by atoms with van der Waals surface area (Å²) < 4.78 is 9.72. The minimum Gasteiger partial charge on any atom is -0.480 e. The summed E-state index contributed by atoms with van der Waals surface area (Å²) in [5.74, 6) is -1.30. The molecule has 1 heterocycles. The highest BCUT2D eigenvalue weighted by Gasteiger charge is 2.21. The van der Waals surface area contributed by atoms with Gasteiger partial charge in [-0.05, 0) is 32.5 Å². The average Bonchev–Trinajstić information content (AvgIpc) is 2.35. The average molecular weight is 300 g/mol. The Morgan fingerprint density at radius 1 is 1.40 bits per heavy atom. The van der Waals surface area contributed by atoms with Gasteiger partial charge in [0, 0.05) is 11.8 Å². The molecule has 7 nitrogen and oxygen atoms in total. The van der Waals surface area contributed by atoms with Gasteiger partial charge in [-0.15, -0.1) is 0 Å². The van der Waals surface area contributed by atoms with Crippen molar-refractivity contribution in [1.29, 1.82) is 0 Å². The SMILES string of the molecule is CCOC(=O)/C(Sc1nc(C)cc(=O)[nH]1)=C(\O)OCC. The zero-order chi connectivity index (χ0) is 15.1. The fourth-order valence-corrected chi connectivity index (χ4v) is 2.09. The topological polar surface area (TPSA) is 102 Å². The summed E-state index contributed by atoms with van der Waals surface area (Å²) in [6.45, 7) is 5.30. The van der Waals surface area contributed by atoms with Crippen LogP contribution >= 0.6 is 11.8 Å². The molecule has 0 saturated carbocycles. The van der Waals surface area contributed by atoms with Crippen LogP contribution in [0.4, 0.5) is 0 Å². The van der Waals surface area contributed by atoms with Crippen LogP contribution in [-0.4, -0.2) is 34.3 Å². The first-order chi connectivity index (χ1) is 9.47. The van der Waals surface area contributed by atoms with E-state index in [0.717, 1.165) is 11.8 Å². The summed E-state index contributed by atoms with van der Waals surface area (Å²) in [6, 6.07) is 1.32. The molecule has 0 amide bonds. The van der Waals surface area contributed by atoms with Crippen molar-refractivity contribution in [3.8, 4) is 0 Å². The second kappa shape index (κ2) is 7.59. The molecule has 0 unspecified atom stereocenters. The molecular formula is C12H16N2O5S. The van der Waals surface area contributed by atoms with Crippen molar-refractivity contribution in [2.75, 3.05) is 13.2 Å². The largest absolute Gasteiger partial charge is 0.480 e. The molecule has 0 spiro atoms. The molecule has 8 heteroatoms. The van der Waals surface area contributed by atoms with Crippen LogP contribution in [0, 0.1) is 6.92 Å². The van der Waals surface area contributed by atoms with Gasteiger partial charge in [0.2, 0.25) is 0 Å². The Labute approximate surface area is 120 Å². The number of nitrogens with one attached hydrogen (secondary N) is 1. The van der Waals surface area contributed by atoms with E-state index in [0.29, 0.717) is 5.69 Å². The molecule has 0 aliphatic heterocycles. The molecule has 0 aliphatic carbocycles. The lowest BCUT2D eigenvalue weighted by molar-refractivity contribution is -0.138. The van der Waals surface area contributed by atoms with Crippen LogP contribution in [-0.2, 0) is 14.3 Å². The van der Waals surface area contributed by atoms with Gasteiger partial charge in [0.15, 0.2) is 10.1 Å². The lowest BCUT2D eigenvalue weighted by Gasteiger charge is -2.09. The number of hydrogen-bond acceptors (Lipinski definition) is 7. The van der Waals surface area contributed by atoms with Crippen molar-refractivity contribution in [3.05, 3.63) is 33.0 Å². The number of rotatable bonds is 6. The highest BCUT2D eigenvalue weighted by atomic mass is 32.2. The van der Waals surface area contributed by atoms with Gasteiger partial charge in [0.1, 0.15) is 0 Å². The van der Waals surface area contributed by atoms with Crippen molar-refractivity contribution < 1.29 is 19.4 Å². The second-order valence-electron chi connectivity index (χ2n) is 3.58. The third kappa shape index (κ3) is 4.61. The minimum absolute atomic E-state index is 0.153. The number of hydrogen-bond donors (Lipinski definition) is 2. The van der Waals surface area contributed by atoms with Gasteiger partial charge < -0.3 is 19.6 Å². The van der Waals surface area contributed by atoms with Crippen LogP contribution in [0.5, 0.6) is 0 Å². The van der Waals surface area contributed by atoms with Crippen molar-refractivity contribution in [1.82, 2.24) is 9.97 Å². The molecule has 0 saturated heterocycles. The Balaban J connectivity index is 3.09. The molecule has 1 aromatic rings. The first kappa shape index (κ1) is 16.1. The Kier molecular flexibility index (Phi) is 6.10. The van der Waals surface area contributed by atoms with Crippen LogP contribution in [0.25, 0.3) is 0 Å². The molecule has 110 valence electrons. The van der Waals surface area contributed by atoms with E-state index >= 15 is 0 Å². The van der Waals surface area contributed by atoms with Crippen LogP contribution in [0.15, 0.2) is 26.9 Å². The van der Waals surface area contributed by atoms with E-state index in [1.807, 2.05) is 0 Å². The third-order valence-corrected chi connectivity index (χ3v) is 2.91. The normalized spacial score (nSPS) is 11.8. The molecule has 2 N–H and O–H groups in total. The predicted octanol–water partition coefficient (Wildman–Crippen LogP) is 1.50. The predicted molar refractivity (Wildman–Crippen MR) is 73.4 cm³/mol. The summed E-state index contributed by atoms with van der Waals surface area (Å²) in [7, 11) is 0. The first-order valence-electron chi connectivity index (χ1n) is 5.96. The van der Waals surface area contributed by atoms with E-state index < -0.39 is 11.9 Å². The Bertz CT molecular complexity index is 567. The number of aryl methyl sites for hydroxylation is 1. The van der Waals surface area contributed by atoms with Crippen LogP contribution < -0.4 is 5.56 Å². The Morgan fingerprint density at radius 2 is 2.05 bits per heavy atom. The maximum atomic E-state index is 11.8. The van der Waals surface area contributed by atoms with E-state index in [2.05, 4.69) is 9.97 Å². The van der Waals surface area contributed by atoms with E-state index in [4.69, 9.17) is 9.47 Å². The van der Waals surface area contributed by atoms with Crippen molar-refractivity contribution in [3.63, 3.8) is 0 Å². The highest BCUT2D eigenvalue weighted by Crippen LogP contribution is 2.26. The van der Waals surface area contributed by atoms with Gasteiger partial charge in [-0.25, -0.2) is 9.78 Å². The van der Waals surface area contributed by atoms with E-state index in [1.54, 1.807) is 20.8 Å². The van der Waals surface area contributed by atoms with Gasteiger partial charge in [-0.3, -0.25) is 4.79 Å². The number of thioether (sulfide) groups is 1. The fraction of sp³-hybridized carbons (Fsp3) is 0.417. The van der Waals surface area contributed by atoms with Gasteiger partial charge in [0.05, 0.1) is 13.2 Å². The van der Waals surface area contributed by atoms with Crippen LogP contribution in [0.2, 0.25) is 0 Å².